The maximum absolute atomic E-state index is 12.5. The standard InChI is InChI=1S/C18H20N4O4S3/c1-4-22-17(24)16-13(5-6-27-16)21-18(22)28-9-15(23)20-14-8-12(29(19,25)26)7-10(2)11(14)3/h5-8H,4,9H2,1-3H3,(H,20,23)(H2,19,25,26). The lowest BCUT2D eigenvalue weighted by molar-refractivity contribution is -0.113. The van der Waals surface area contributed by atoms with Gasteiger partial charge in [-0.3, -0.25) is 14.2 Å². The molecule has 0 atom stereocenters. The second kappa shape index (κ2) is 8.27. The monoisotopic (exact) mass is 452 g/mol. The highest BCUT2D eigenvalue weighted by Gasteiger charge is 2.16. The number of nitrogens with zero attached hydrogens (tertiary/aromatic N) is 2. The van der Waals surface area contributed by atoms with E-state index in [1.54, 1.807) is 19.9 Å². The van der Waals surface area contributed by atoms with Gasteiger partial charge >= 0.3 is 0 Å². The van der Waals surface area contributed by atoms with Gasteiger partial charge in [0.15, 0.2) is 5.16 Å². The molecule has 11 heteroatoms. The molecule has 154 valence electrons. The number of aromatic nitrogens is 2. The first-order valence-corrected chi connectivity index (χ1v) is 12.1. The molecule has 0 spiro atoms. The van der Waals surface area contributed by atoms with Crippen LogP contribution in [0.5, 0.6) is 0 Å². The Morgan fingerprint density at radius 1 is 1.34 bits per heavy atom. The number of fused-ring (bicyclic) bond motifs is 1. The van der Waals surface area contributed by atoms with Crippen LogP contribution < -0.4 is 16.0 Å². The van der Waals surface area contributed by atoms with E-state index in [0.29, 0.717) is 33.2 Å². The van der Waals surface area contributed by atoms with Crippen LogP contribution >= 0.6 is 23.1 Å². The van der Waals surface area contributed by atoms with Gasteiger partial charge in [-0.05, 0) is 55.5 Å². The molecular weight excluding hydrogens is 432 g/mol. The fourth-order valence-electron chi connectivity index (χ4n) is 2.75. The summed E-state index contributed by atoms with van der Waals surface area (Å²) in [6.45, 7) is 5.82. The van der Waals surface area contributed by atoms with E-state index in [0.717, 1.165) is 17.3 Å². The van der Waals surface area contributed by atoms with E-state index in [1.165, 1.54) is 28.0 Å². The molecule has 0 fully saturated rings. The molecule has 1 amide bonds. The third-order valence-electron chi connectivity index (χ3n) is 4.42. The zero-order valence-electron chi connectivity index (χ0n) is 16.1. The number of hydrogen-bond acceptors (Lipinski definition) is 7. The number of carbonyl (C=O) groups is 1. The molecule has 2 heterocycles. The maximum Gasteiger partial charge on any atom is 0.272 e. The molecule has 0 saturated heterocycles. The number of thioether (sulfide) groups is 1. The third-order valence-corrected chi connectivity index (χ3v) is 7.18. The summed E-state index contributed by atoms with van der Waals surface area (Å²) in [6.07, 6.45) is 0. The molecule has 0 unspecified atom stereocenters. The highest BCUT2D eigenvalue weighted by Crippen LogP contribution is 2.25. The van der Waals surface area contributed by atoms with Gasteiger partial charge in [-0.25, -0.2) is 18.5 Å². The fraction of sp³-hybridized carbons (Fsp3) is 0.278. The van der Waals surface area contributed by atoms with Crippen molar-refractivity contribution in [2.45, 2.75) is 37.4 Å². The minimum Gasteiger partial charge on any atom is -0.325 e. The number of benzene rings is 1. The molecule has 2 aromatic heterocycles. The Hall–Kier alpha value is -2.21. The van der Waals surface area contributed by atoms with Crippen molar-refractivity contribution in [3.05, 3.63) is 45.1 Å². The molecule has 0 aliphatic heterocycles. The molecule has 1 aromatic carbocycles. The summed E-state index contributed by atoms with van der Waals surface area (Å²) in [5.74, 6) is -0.327. The number of rotatable bonds is 6. The molecule has 0 aliphatic rings. The van der Waals surface area contributed by atoms with Gasteiger partial charge < -0.3 is 5.32 Å². The number of anilines is 1. The van der Waals surface area contributed by atoms with Gasteiger partial charge in [0.1, 0.15) is 4.70 Å². The lowest BCUT2D eigenvalue weighted by Gasteiger charge is -2.13. The Kier molecular flexibility index (Phi) is 6.13. The molecule has 0 saturated carbocycles. The fourth-order valence-corrected chi connectivity index (χ4v) is 5.01. The summed E-state index contributed by atoms with van der Waals surface area (Å²) >= 11 is 2.49. The van der Waals surface area contributed by atoms with Crippen LogP contribution in [-0.4, -0.2) is 29.6 Å². The number of aryl methyl sites for hydroxylation is 1. The van der Waals surface area contributed by atoms with Gasteiger partial charge in [0, 0.05) is 12.2 Å². The summed E-state index contributed by atoms with van der Waals surface area (Å²) in [6, 6.07) is 4.59. The van der Waals surface area contributed by atoms with Crippen LogP contribution in [0, 0.1) is 13.8 Å². The van der Waals surface area contributed by atoms with Crippen molar-refractivity contribution in [1.82, 2.24) is 9.55 Å². The van der Waals surface area contributed by atoms with Gasteiger partial charge in [-0.2, -0.15) is 0 Å². The third kappa shape index (κ3) is 4.53. The topological polar surface area (TPSA) is 124 Å². The lowest BCUT2D eigenvalue weighted by Crippen LogP contribution is -2.23. The van der Waals surface area contributed by atoms with Gasteiger partial charge in [0.05, 0.1) is 16.2 Å². The predicted molar refractivity (Wildman–Crippen MR) is 116 cm³/mol. The Bertz CT molecular complexity index is 1260. The van der Waals surface area contributed by atoms with E-state index < -0.39 is 10.0 Å². The van der Waals surface area contributed by atoms with Crippen molar-refractivity contribution in [3.8, 4) is 0 Å². The number of hydrogen-bond donors (Lipinski definition) is 2. The van der Waals surface area contributed by atoms with E-state index in [4.69, 9.17) is 5.14 Å². The second-order valence-corrected chi connectivity index (χ2v) is 9.79. The van der Waals surface area contributed by atoms with Crippen LogP contribution in [0.1, 0.15) is 18.1 Å². The van der Waals surface area contributed by atoms with Gasteiger partial charge in [0.2, 0.25) is 15.9 Å². The number of nitrogens with two attached hydrogens (primary N) is 1. The average Bonchev–Trinajstić information content (AvgIpc) is 3.11. The van der Waals surface area contributed by atoms with Crippen molar-refractivity contribution < 1.29 is 13.2 Å². The average molecular weight is 453 g/mol. The molecule has 29 heavy (non-hydrogen) atoms. The quantitative estimate of drug-likeness (QED) is 0.437. The number of sulfonamides is 1. The predicted octanol–water partition coefficient (Wildman–Crippen LogP) is 2.47. The Balaban J connectivity index is 1.82. The van der Waals surface area contributed by atoms with Crippen LogP contribution in [0.4, 0.5) is 5.69 Å². The molecule has 3 rings (SSSR count). The minimum atomic E-state index is -3.89. The first kappa shape index (κ1) is 21.5. The Morgan fingerprint density at radius 3 is 2.72 bits per heavy atom. The highest BCUT2D eigenvalue weighted by atomic mass is 32.2. The molecule has 0 bridgehead atoms. The van der Waals surface area contributed by atoms with E-state index >= 15 is 0 Å². The first-order valence-electron chi connectivity index (χ1n) is 8.66. The number of amides is 1. The summed E-state index contributed by atoms with van der Waals surface area (Å²) in [4.78, 5) is 29.4. The van der Waals surface area contributed by atoms with Crippen molar-refractivity contribution in [2.75, 3.05) is 11.1 Å². The molecule has 0 radical (unpaired) electrons. The van der Waals surface area contributed by atoms with Crippen molar-refractivity contribution in [1.29, 1.82) is 0 Å². The van der Waals surface area contributed by atoms with Crippen LogP contribution in [0.25, 0.3) is 10.2 Å². The van der Waals surface area contributed by atoms with Crippen LogP contribution in [0.2, 0.25) is 0 Å². The number of thiophene rings is 1. The summed E-state index contributed by atoms with van der Waals surface area (Å²) < 4.78 is 25.4. The minimum absolute atomic E-state index is 0.0141. The van der Waals surface area contributed by atoms with Crippen molar-refractivity contribution in [3.63, 3.8) is 0 Å². The molecule has 3 aromatic rings. The molecule has 8 nitrogen and oxygen atoms in total. The van der Waals surface area contributed by atoms with E-state index in [2.05, 4.69) is 10.3 Å². The SMILES string of the molecule is CCn1c(SCC(=O)Nc2cc(S(N)(=O)=O)cc(C)c2C)nc2ccsc2c1=O. The molecule has 0 aliphatic carbocycles. The summed E-state index contributed by atoms with van der Waals surface area (Å²) in [7, 11) is -3.89. The highest BCUT2D eigenvalue weighted by molar-refractivity contribution is 7.99. The zero-order valence-corrected chi connectivity index (χ0v) is 18.5. The smallest absolute Gasteiger partial charge is 0.272 e. The normalized spacial score (nSPS) is 11.7. The van der Waals surface area contributed by atoms with Gasteiger partial charge in [0.25, 0.3) is 5.56 Å². The van der Waals surface area contributed by atoms with E-state index in [-0.39, 0.29) is 22.1 Å². The van der Waals surface area contributed by atoms with Crippen LogP contribution in [-0.2, 0) is 21.4 Å². The molecular formula is C18H20N4O4S3. The summed E-state index contributed by atoms with van der Waals surface area (Å²) in [5, 5.41) is 10.2. The van der Waals surface area contributed by atoms with Gasteiger partial charge in [-0.15, -0.1) is 11.3 Å². The number of primary sulfonamides is 1. The number of carbonyl (C=O) groups excluding carboxylic acids is 1. The Morgan fingerprint density at radius 2 is 2.07 bits per heavy atom. The maximum atomic E-state index is 12.5. The van der Waals surface area contributed by atoms with Crippen molar-refractivity contribution in [2.24, 2.45) is 5.14 Å². The van der Waals surface area contributed by atoms with Crippen LogP contribution in [0.3, 0.4) is 0 Å². The summed E-state index contributed by atoms with van der Waals surface area (Å²) in [5.41, 5.74) is 2.32. The van der Waals surface area contributed by atoms with Gasteiger partial charge in [-0.1, -0.05) is 11.8 Å². The molecule has 3 N–H and O–H groups in total. The zero-order chi connectivity index (χ0) is 21.3. The number of nitrogens with one attached hydrogen (secondary N) is 1. The first-order chi connectivity index (χ1) is 13.6. The Labute approximate surface area is 176 Å². The van der Waals surface area contributed by atoms with Crippen molar-refractivity contribution >= 4 is 54.9 Å². The van der Waals surface area contributed by atoms with E-state index in [1.807, 2.05) is 12.3 Å². The lowest BCUT2D eigenvalue weighted by atomic mass is 10.1. The van der Waals surface area contributed by atoms with E-state index in [9.17, 15) is 18.0 Å². The second-order valence-electron chi connectivity index (χ2n) is 6.37. The van der Waals surface area contributed by atoms with Crippen LogP contribution in [0.15, 0.2) is 38.4 Å². The largest absolute Gasteiger partial charge is 0.325 e.